The minimum atomic E-state index is 0.234. The van der Waals surface area contributed by atoms with E-state index in [2.05, 4.69) is 44.3 Å². The molecule has 124 valence electrons. The standard InChI is InChI=1S/C20H27NO2/c1-4-12-22-19-10-6-8-17(13-19)15-21-18-9-7-11-20(14-18)23-16(3)5-2/h6-11,13-14,16,21H,4-5,12,15H2,1-3H3/t16-/m0/s1. The molecule has 0 saturated carbocycles. The van der Waals surface area contributed by atoms with Crippen LogP contribution in [-0.4, -0.2) is 12.7 Å². The van der Waals surface area contributed by atoms with Gasteiger partial charge in [-0.2, -0.15) is 0 Å². The summed E-state index contributed by atoms with van der Waals surface area (Å²) in [6.07, 6.45) is 2.26. The Morgan fingerprint density at radius 1 is 1.00 bits per heavy atom. The maximum atomic E-state index is 5.86. The maximum absolute atomic E-state index is 5.86. The molecule has 23 heavy (non-hydrogen) atoms. The van der Waals surface area contributed by atoms with Gasteiger partial charge in [0.2, 0.25) is 0 Å². The Labute approximate surface area is 139 Å². The predicted octanol–water partition coefficient (Wildman–Crippen LogP) is 5.26. The Hall–Kier alpha value is -2.16. The second-order valence-electron chi connectivity index (χ2n) is 5.71. The number of rotatable bonds is 9. The largest absolute Gasteiger partial charge is 0.494 e. The van der Waals surface area contributed by atoms with Crippen LogP contribution in [0.2, 0.25) is 0 Å². The monoisotopic (exact) mass is 313 g/mol. The van der Waals surface area contributed by atoms with E-state index in [4.69, 9.17) is 9.47 Å². The van der Waals surface area contributed by atoms with Gasteiger partial charge in [0, 0.05) is 18.3 Å². The molecule has 0 saturated heterocycles. The van der Waals surface area contributed by atoms with Crippen LogP contribution in [0.15, 0.2) is 48.5 Å². The number of anilines is 1. The zero-order valence-electron chi connectivity index (χ0n) is 14.3. The van der Waals surface area contributed by atoms with Gasteiger partial charge >= 0.3 is 0 Å². The highest BCUT2D eigenvalue weighted by Crippen LogP contribution is 2.20. The van der Waals surface area contributed by atoms with Crippen LogP contribution in [0.1, 0.15) is 39.2 Å². The van der Waals surface area contributed by atoms with Gasteiger partial charge < -0.3 is 14.8 Å². The fourth-order valence-electron chi connectivity index (χ4n) is 2.16. The first kappa shape index (κ1) is 17.2. The van der Waals surface area contributed by atoms with E-state index in [0.29, 0.717) is 0 Å². The van der Waals surface area contributed by atoms with Crippen molar-refractivity contribution in [3.8, 4) is 11.5 Å². The molecule has 0 amide bonds. The summed E-state index contributed by atoms with van der Waals surface area (Å²) in [4.78, 5) is 0. The lowest BCUT2D eigenvalue weighted by atomic mass is 10.2. The number of hydrogen-bond acceptors (Lipinski definition) is 3. The summed E-state index contributed by atoms with van der Waals surface area (Å²) >= 11 is 0. The van der Waals surface area contributed by atoms with E-state index < -0.39 is 0 Å². The lowest BCUT2D eigenvalue weighted by Gasteiger charge is -2.14. The number of hydrogen-bond donors (Lipinski definition) is 1. The van der Waals surface area contributed by atoms with Crippen molar-refractivity contribution in [2.24, 2.45) is 0 Å². The number of benzene rings is 2. The Kier molecular flexibility index (Phi) is 6.79. The molecule has 1 atom stereocenters. The summed E-state index contributed by atoms with van der Waals surface area (Å²) in [7, 11) is 0. The first-order valence-corrected chi connectivity index (χ1v) is 8.43. The molecule has 3 nitrogen and oxygen atoms in total. The van der Waals surface area contributed by atoms with Gasteiger partial charge in [0.15, 0.2) is 0 Å². The average molecular weight is 313 g/mol. The van der Waals surface area contributed by atoms with Crippen LogP contribution >= 0.6 is 0 Å². The van der Waals surface area contributed by atoms with Gasteiger partial charge in [-0.3, -0.25) is 0 Å². The maximum Gasteiger partial charge on any atom is 0.121 e. The van der Waals surface area contributed by atoms with Crippen molar-refractivity contribution < 1.29 is 9.47 Å². The van der Waals surface area contributed by atoms with Crippen molar-refractivity contribution in [3.05, 3.63) is 54.1 Å². The summed E-state index contributed by atoms with van der Waals surface area (Å²) in [5, 5.41) is 3.44. The van der Waals surface area contributed by atoms with Gasteiger partial charge in [-0.25, -0.2) is 0 Å². The van der Waals surface area contributed by atoms with Crippen LogP contribution in [0.4, 0.5) is 5.69 Å². The summed E-state index contributed by atoms with van der Waals surface area (Å²) in [5.41, 5.74) is 2.26. The molecule has 0 radical (unpaired) electrons. The van der Waals surface area contributed by atoms with Crippen molar-refractivity contribution in [2.45, 2.75) is 46.3 Å². The Balaban J connectivity index is 1.94. The van der Waals surface area contributed by atoms with E-state index in [1.807, 2.05) is 30.3 Å². The molecular weight excluding hydrogens is 286 g/mol. The first-order chi connectivity index (χ1) is 11.2. The summed E-state index contributed by atoms with van der Waals surface area (Å²) in [5.74, 6) is 1.84. The number of ether oxygens (including phenoxy) is 2. The smallest absolute Gasteiger partial charge is 0.121 e. The molecule has 3 heteroatoms. The molecule has 2 aromatic carbocycles. The van der Waals surface area contributed by atoms with E-state index in [0.717, 1.165) is 43.2 Å². The van der Waals surface area contributed by atoms with Crippen molar-refractivity contribution >= 4 is 5.69 Å². The fourth-order valence-corrected chi connectivity index (χ4v) is 2.16. The molecule has 0 aromatic heterocycles. The highest BCUT2D eigenvalue weighted by molar-refractivity contribution is 5.48. The molecule has 2 aromatic rings. The molecule has 0 aliphatic heterocycles. The van der Waals surface area contributed by atoms with Gasteiger partial charge in [0.1, 0.15) is 11.5 Å². The van der Waals surface area contributed by atoms with Gasteiger partial charge in [0.25, 0.3) is 0 Å². The Morgan fingerprint density at radius 2 is 1.78 bits per heavy atom. The third kappa shape index (κ3) is 5.85. The van der Waals surface area contributed by atoms with Gasteiger partial charge in [0.05, 0.1) is 12.7 Å². The molecule has 0 unspecified atom stereocenters. The lowest BCUT2D eigenvalue weighted by molar-refractivity contribution is 0.217. The van der Waals surface area contributed by atoms with Crippen LogP contribution in [0, 0.1) is 0 Å². The zero-order valence-corrected chi connectivity index (χ0v) is 14.3. The Morgan fingerprint density at radius 3 is 2.57 bits per heavy atom. The molecule has 0 heterocycles. The molecule has 0 aliphatic rings. The molecule has 0 bridgehead atoms. The minimum absolute atomic E-state index is 0.234. The summed E-state index contributed by atoms with van der Waals surface area (Å²) in [6, 6.07) is 16.3. The lowest BCUT2D eigenvalue weighted by Crippen LogP contribution is -2.09. The Bertz CT molecular complexity index is 598. The van der Waals surface area contributed by atoms with E-state index in [-0.39, 0.29) is 6.10 Å². The minimum Gasteiger partial charge on any atom is -0.494 e. The molecule has 0 fully saturated rings. The predicted molar refractivity (Wildman–Crippen MR) is 96.4 cm³/mol. The fraction of sp³-hybridized carbons (Fsp3) is 0.400. The van der Waals surface area contributed by atoms with Crippen molar-refractivity contribution in [1.82, 2.24) is 0 Å². The molecular formula is C20H27NO2. The SMILES string of the molecule is CCCOc1cccc(CNc2cccc(O[C@@H](C)CC)c2)c1. The average Bonchev–Trinajstić information content (AvgIpc) is 2.59. The quantitative estimate of drug-likeness (QED) is 0.684. The molecule has 2 rings (SSSR count). The van der Waals surface area contributed by atoms with Crippen LogP contribution in [0.5, 0.6) is 11.5 Å². The topological polar surface area (TPSA) is 30.5 Å². The molecule has 0 spiro atoms. The van der Waals surface area contributed by atoms with E-state index in [1.165, 1.54) is 5.56 Å². The van der Waals surface area contributed by atoms with Gasteiger partial charge in [-0.15, -0.1) is 0 Å². The van der Waals surface area contributed by atoms with Crippen molar-refractivity contribution in [3.63, 3.8) is 0 Å². The van der Waals surface area contributed by atoms with E-state index >= 15 is 0 Å². The summed E-state index contributed by atoms with van der Waals surface area (Å²) in [6.45, 7) is 7.84. The van der Waals surface area contributed by atoms with Crippen LogP contribution in [-0.2, 0) is 6.54 Å². The van der Waals surface area contributed by atoms with Crippen molar-refractivity contribution in [1.29, 1.82) is 0 Å². The van der Waals surface area contributed by atoms with Gasteiger partial charge in [-0.05, 0) is 49.6 Å². The summed E-state index contributed by atoms with van der Waals surface area (Å²) < 4.78 is 11.5. The first-order valence-electron chi connectivity index (χ1n) is 8.43. The van der Waals surface area contributed by atoms with E-state index in [9.17, 15) is 0 Å². The van der Waals surface area contributed by atoms with E-state index in [1.54, 1.807) is 0 Å². The molecule has 0 aliphatic carbocycles. The number of nitrogens with one attached hydrogen (secondary N) is 1. The van der Waals surface area contributed by atoms with Crippen LogP contribution < -0.4 is 14.8 Å². The molecule has 1 N–H and O–H groups in total. The van der Waals surface area contributed by atoms with Crippen LogP contribution in [0.25, 0.3) is 0 Å². The third-order valence-corrected chi connectivity index (χ3v) is 3.61. The van der Waals surface area contributed by atoms with Crippen LogP contribution in [0.3, 0.4) is 0 Å². The normalized spacial score (nSPS) is 11.8. The second-order valence-corrected chi connectivity index (χ2v) is 5.71. The van der Waals surface area contributed by atoms with Gasteiger partial charge in [-0.1, -0.05) is 32.0 Å². The highest BCUT2D eigenvalue weighted by Gasteiger charge is 2.02. The van der Waals surface area contributed by atoms with Crippen molar-refractivity contribution in [2.75, 3.05) is 11.9 Å². The second kappa shape index (κ2) is 9.09. The third-order valence-electron chi connectivity index (χ3n) is 3.61. The highest BCUT2D eigenvalue weighted by atomic mass is 16.5. The zero-order chi connectivity index (χ0) is 16.5.